The predicted molar refractivity (Wildman–Crippen MR) is 64.7 cm³/mol. The predicted octanol–water partition coefficient (Wildman–Crippen LogP) is 2.63. The van der Waals surface area contributed by atoms with Gasteiger partial charge in [0, 0.05) is 12.4 Å². The molecule has 0 aliphatic carbocycles. The van der Waals surface area contributed by atoms with Crippen LogP contribution in [0, 0.1) is 5.82 Å². The van der Waals surface area contributed by atoms with Crippen LogP contribution in [-0.4, -0.2) is 16.1 Å². The quantitative estimate of drug-likeness (QED) is 0.900. The Labute approximate surface area is 104 Å². The topological polar surface area (TPSA) is 50.2 Å². The lowest BCUT2D eigenvalue weighted by molar-refractivity contribution is -0.138. The minimum atomic E-state index is -0.961. The largest absolute Gasteiger partial charge is 0.481 e. The first-order chi connectivity index (χ1) is 8.66. The zero-order chi connectivity index (χ0) is 13.0. The second-order valence-electron chi connectivity index (χ2n) is 4.01. The van der Waals surface area contributed by atoms with Gasteiger partial charge in [0.2, 0.25) is 0 Å². The highest BCUT2D eigenvalue weighted by Gasteiger charge is 2.20. The molecule has 1 atom stereocenters. The monoisotopic (exact) mass is 245 g/mol. The first-order valence-electron chi connectivity index (χ1n) is 5.54. The van der Waals surface area contributed by atoms with Crippen LogP contribution < -0.4 is 0 Å². The van der Waals surface area contributed by atoms with Crippen LogP contribution in [0.5, 0.6) is 0 Å². The Hall–Kier alpha value is -2.23. The molecule has 1 aromatic carbocycles. The van der Waals surface area contributed by atoms with Gasteiger partial charge in [-0.25, -0.2) is 4.39 Å². The second kappa shape index (κ2) is 5.40. The van der Waals surface area contributed by atoms with Gasteiger partial charge in [0.05, 0.1) is 5.92 Å². The summed E-state index contributed by atoms with van der Waals surface area (Å²) in [7, 11) is 0. The number of aliphatic carboxylic acids is 1. The van der Waals surface area contributed by atoms with Crippen molar-refractivity contribution in [2.45, 2.75) is 12.3 Å². The maximum absolute atomic E-state index is 13.1. The van der Waals surface area contributed by atoms with Crippen LogP contribution in [-0.2, 0) is 11.2 Å². The van der Waals surface area contributed by atoms with E-state index in [1.165, 1.54) is 18.2 Å². The maximum Gasteiger partial charge on any atom is 0.311 e. The van der Waals surface area contributed by atoms with Crippen molar-refractivity contribution < 1.29 is 14.3 Å². The lowest BCUT2D eigenvalue weighted by atomic mass is 9.92. The highest BCUT2D eigenvalue weighted by molar-refractivity contribution is 5.76. The fraction of sp³-hybridized carbons (Fsp3) is 0.143. The van der Waals surface area contributed by atoms with Crippen molar-refractivity contribution >= 4 is 5.97 Å². The summed E-state index contributed by atoms with van der Waals surface area (Å²) in [5.41, 5.74) is 1.33. The smallest absolute Gasteiger partial charge is 0.311 e. The molecule has 0 radical (unpaired) electrons. The second-order valence-corrected chi connectivity index (χ2v) is 4.01. The summed E-state index contributed by atoms with van der Waals surface area (Å²) in [5.74, 6) is -2.13. The summed E-state index contributed by atoms with van der Waals surface area (Å²) >= 11 is 0. The van der Waals surface area contributed by atoms with Gasteiger partial charge in [0.1, 0.15) is 5.82 Å². The first kappa shape index (κ1) is 12.2. The van der Waals surface area contributed by atoms with Gasteiger partial charge in [-0.2, -0.15) is 0 Å². The number of nitrogens with zero attached hydrogens (tertiary/aromatic N) is 1. The number of carboxylic acid groups (broad SMARTS) is 1. The lowest BCUT2D eigenvalue weighted by Gasteiger charge is -2.12. The number of carbonyl (C=O) groups is 1. The molecule has 2 rings (SSSR count). The zero-order valence-corrected chi connectivity index (χ0v) is 9.58. The molecule has 2 aromatic rings. The van der Waals surface area contributed by atoms with E-state index in [2.05, 4.69) is 4.98 Å². The molecule has 1 heterocycles. The third kappa shape index (κ3) is 2.91. The molecule has 18 heavy (non-hydrogen) atoms. The molecular weight excluding hydrogens is 233 g/mol. The highest BCUT2D eigenvalue weighted by Crippen LogP contribution is 2.21. The molecule has 0 aliphatic heterocycles. The van der Waals surface area contributed by atoms with Crippen LogP contribution >= 0.6 is 0 Å². The highest BCUT2D eigenvalue weighted by atomic mass is 19.1. The number of hydrogen-bond acceptors (Lipinski definition) is 2. The Kier molecular flexibility index (Phi) is 3.67. The molecule has 0 bridgehead atoms. The first-order valence-corrected chi connectivity index (χ1v) is 5.54. The Morgan fingerprint density at radius 1 is 1.28 bits per heavy atom. The van der Waals surface area contributed by atoms with Gasteiger partial charge in [0.15, 0.2) is 0 Å². The number of hydrogen-bond donors (Lipinski definition) is 1. The van der Waals surface area contributed by atoms with E-state index in [4.69, 9.17) is 0 Å². The van der Waals surface area contributed by atoms with Crippen LogP contribution in [0.15, 0.2) is 48.8 Å². The number of benzene rings is 1. The van der Waals surface area contributed by atoms with E-state index in [1.807, 2.05) is 0 Å². The molecule has 1 N–H and O–H groups in total. The molecule has 1 aromatic heterocycles. The molecular formula is C14H12FNO2. The standard InChI is InChI=1S/C14H12FNO2/c15-12-3-1-2-11(9-12)13(14(17)18)8-10-4-6-16-7-5-10/h1-7,9,13H,8H2,(H,17,18). The van der Waals surface area contributed by atoms with Crippen LogP contribution in [0.1, 0.15) is 17.0 Å². The molecule has 3 nitrogen and oxygen atoms in total. The molecule has 0 saturated carbocycles. The summed E-state index contributed by atoms with van der Waals surface area (Å²) in [6.07, 6.45) is 3.54. The van der Waals surface area contributed by atoms with Crippen molar-refractivity contribution in [1.82, 2.24) is 4.98 Å². The van der Waals surface area contributed by atoms with E-state index < -0.39 is 17.7 Å². The fourth-order valence-corrected chi connectivity index (χ4v) is 1.83. The van der Waals surface area contributed by atoms with Gasteiger partial charge >= 0.3 is 5.97 Å². The fourth-order valence-electron chi connectivity index (χ4n) is 1.83. The molecule has 0 saturated heterocycles. The summed E-state index contributed by atoms with van der Waals surface area (Å²) in [5, 5.41) is 9.24. The summed E-state index contributed by atoms with van der Waals surface area (Å²) in [4.78, 5) is 15.2. The molecule has 4 heteroatoms. The number of aromatic nitrogens is 1. The zero-order valence-electron chi connectivity index (χ0n) is 9.58. The van der Waals surface area contributed by atoms with Gasteiger partial charge in [-0.15, -0.1) is 0 Å². The summed E-state index contributed by atoms with van der Waals surface area (Å²) in [6, 6.07) is 9.23. The summed E-state index contributed by atoms with van der Waals surface area (Å²) < 4.78 is 13.1. The van der Waals surface area contributed by atoms with Gasteiger partial charge in [-0.1, -0.05) is 12.1 Å². The third-order valence-corrected chi connectivity index (χ3v) is 2.74. The van der Waals surface area contributed by atoms with Crippen molar-refractivity contribution in [3.8, 4) is 0 Å². The number of carboxylic acids is 1. The number of halogens is 1. The van der Waals surface area contributed by atoms with E-state index in [0.29, 0.717) is 12.0 Å². The van der Waals surface area contributed by atoms with Crippen LogP contribution in [0.2, 0.25) is 0 Å². The van der Waals surface area contributed by atoms with Crippen molar-refractivity contribution in [3.63, 3.8) is 0 Å². The van der Waals surface area contributed by atoms with E-state index in [9.17, 15) is 14.3 Å². The number of rotatable bonds is 4. The van der Waals surface area contributed by atoms with Crippen molar-refractivity contribution in [2.75, 3.05) is 0 Å². The van der Waals surface area contributed by atoms with Gasteiger partial charge < -0.3 is 5.11 Å². The van der Waals surface area contributed by atoms with Gasteiger partial charge in [-0.3, -0.25) is 9.78 Å². The Morgan fingerprint density at radius 3 is 2.61 bits per heavy atom. The van der Waals surface area contributed by atoms with E-state index in [0.717, 1.165) is 5.56 Å². The maximum atomic E-state index is 13.1. The Morgan fingerprint density at radius 2 is 2.00 bits per heavy atom. The van der Waals surface area contributed by atoms with Crippen molar-refractivity contribution in [3.05, 3.63) is 65.7 Å². The SMILES string of the molecule is O=C(O)C(Cc1ccncc1)c1cccc(F)c1. The minimum Gasteiger partial charge on any atom is -0.481 e. The molecule has 0 aliphatic rings. The molecule has 0 amide bonds. The summed E-state index contributed by atoms with van der Waals surface area (Å²) in [6.45, 7) is 0. The average molecular weight is 245 g/mol. The average Bonchev–Trinajstić information content (AvgIpc) is 2.37. The molecule has 1 unspecified atom stereocenters. The third-order valence-electron chi connectivity index (χ3n) is 2.74. The van der Waals surface area contributed by atoms with Crippen molar-refractivity contribution in [1.29, 1.82) is 0 Å². The Balaban J connectivity index is 2.27. The normalized spacial score (nSPS) is 12.1. The van der Waals surface area contributed by atoms with Gasteiger partial charge in [0.25, 0.3) is 0 Å². The van der Waals surface area contributed by atoms with Crippen LogP contribution in [0.4, 0.5) is 4.39 Å². The van der Waals surface area contributed by atoms with E-state index in [-0.39, 0.29) is 0 Å². The lowest BCUT2D eigenvalue weighted by Crippen LogP contribution is -2.14. The van der Waals surface area contributed by atoms with E-state index in [1.54, 1.807) is 30.6 Å². The molecule has 0 fully saturated rings. The van der Waals surface area contributed by atoms with E-state index >= 15 is 0 Å². The van der Waals surface area contributed by atoms with Crippen molar-refractivity contribution in [2.24, 2.45) is 0 Å². The minimum absolute atomic E-state index is 0.321. The van der Waals surface area contributed by atoms with Gasteiger partial charge in [-0.05, 0) is 41.8 Å². The number of pyridine rings is 1. The van der Waals surface area contributed by atoms with Crippen LogP contribution in [0.3, 0.4) is 0 Å². The Bertz CT molecular complexity index is 543. The van der Waals surface area contributed by atoms with Crippen LogP contribution in [0.25, 0.3) is 0 Å². The molecule has 0 spiro atoms. The molecule has 92 valence electrons.